The summed E-state index contributed by atoms with van der Waals surface area (Å²) in [5.74, 6) is -0.371. The SMILES string of the molecule is CC1(C(=O)NNC(N)=O)CCCO1. The Morgan fingerprint density at radius 3 is 2.62 bits per heavy atom. The third kappa shape index (κ3) is 2.32. The highest BCUT2D eigenvalue weighted by molar-refractivity contribution is 5.86. The molecule has 4 N–H and O–H groups in total. The Labute approximate surface area is 75.8 Å². The molecule has 1 atom stereocenters. The highest BCUT2D eigenvalue weighted by Gasteiger charge is 2.37. The van der Waals surface area contributed by atoms with Crippen LogP contribution in [0.25, 0.3) is 0 Å². The number of hydrogen-bond acceptors (Lipinski definition) is 3. The molecular formula is C7H13N3O3. The Balaban J connectivity index is 2.42. The molecule has 0 aromatic rings. The van der Waals surface area contributed by atoms with Crippen LogP contribution < -0.4 is 16.6 Å². The van der Waals surface area contributed by atoms with Crippen LogP contribution in [0, 0.1) is 0 Å². The van der Waals surface area contributed by atoms with Crippen molar-refractivity contribution >= 4 is 11.9 Å². The van der Waals surface area contributed by atoms with Gasteiger partial charge in [-0.1, -0.05) is 0 Å². The highest BCUT2D eigenvalue weighted by atomic mass is 16.5. The van der Waals surface area contributed by atoms with Gasteiger partial charge in [0, 0.05) is 6.61 Å². The molecule has 1 rings (SSSR count). The van der Waals surface area contributed by atoms with E-state index in [2.05, 4.69) is 5.43 Å². The van der Waals surface area contributed by atoms with Gasteiger partial charge in [0.15, 0.2) is 0 Å². The number of hydrazine groups is 1. The van der Waals surface area contributed by atoms with E-state index < -0.39 is 11.6 Å². The number of carbonyl (C=O) groups is 2. The lowest BCUT2D eigenvalue weighted by Crippen LogP contribution is -2.52. The molecule has 0 saturated carbocycles. The molecule has 0 aromatic heterocycles. The van der Waals surface area contributed by atoms with E-state index in [0.717, 1.165) is 6.42 Å². The zero-order valence-corrected chi connectivity index (χ0v) is 7.42. The molecule has 3 amide bonds. The van der Waals surface area contributed by atoms with Gasteiger partial charge >= 0.3 is 6.03 Å². The van der Waals surface area contributed by atoms with Crippen molar-refractivity contribution in [1.29, 1.82) is 0 Å². The largest absolute Gasteiger partial charge is 0.365 e. The Hall–Kier alpha value is -1.30. The molecule has 6 nitrogen and oxygen atoms in total. The Bertz CT molecular complexity index is 223. The molecule has 6 heteroatoms. The van der Waals surface area contributed by atoms with Crippen molar-refractivity contribution in [3.05, 3.63) is 0 Å². The van der Waals surface area contributed by atoms with Crippen LogP contribution in [-0.4, -0.2) is 24.1 Å². The van der Waals surface area contributed by atoms with E-state index in [0.29, 0.717) is 13.0 Å². The fourth-order valence-electron chi connectivity index (χ4n) is 1.21. The molecule has 1 fully saturated rings. The molecule has 0 bridgehead atoms. The van der Waals surface area contributed by atoms with E-state index >= 15 is 0 Å². The van der Waals surface area contributed by atoms with Crippen molar-refractivity contribution in [2.24, 2.45) is 5.73 Å². The van der Waals surface area contributed by atoms with Crippen LogP contribution in [-0.2, 0) is 9.53 Å². The molecule has 0 aromatic carbocycles. The maximum absolute atomic E-state index is 11.4. The average Bonchev–Trinajstić information content (AvgIpc) is 2.49. The Kier molecular flexibility index (Phi) is 2.72. The monoisotopic (exact) mass is 187 g/mol. The zero-order chi connectivity index (χ0) is 9.90. The summed E-state index contributed by atoms with van der Waals surface area (Å²) >= 11 is 0. The number of hydrogen-bond donors (Lipinski definition) is 3. The first-order valence-electron chi connectivity index (χ1n) is 4.04. The van der Waals surface area contributed by atoms with E-state index in [-0.39, 0.29) is 5.91 Å². The van der Waals surface area contributed by atoms with Crippen molar-refractivity contribution in [2.45, 2.75) is 25.4 Å². The smallest absolute Gasteiger partial charge is 0.330 e. The zero-order valence-electron chi connectivity index (χ0n) is 7.42. The van der Waals surface area contributed by atoms with Crippen molar-refractivity contribution in [2.75, 3.05) is 6.61 Å². The van der Waals surface area contributed by atoms with Crippen LogP contribution in [0.2, 0.25) is 0 Å². The normalized spacial score (nSPS) is 26.8. The molecule has 74 valence electrons. The van der Waals surface area contributed by atoms with Crippen molar-refractivity contribution in [3.8, 4) is 0 Å². The lowest BCUT2D eigenvalue weighted by atomic mass is 10.0. The summed E-state index contributed by atoms with van der Waals surface area (Å²) in [6, 6.07) is -0.796. The number of amides is 3. The van der Waals surface area contributed by atoms with Crippen LogP contribution in [0.5, 0.6) is 0 Å². The molecule has 1 heterocycles. The number of rotatable bonds is 1. The van der Waals surface area contributed by atoms with Gasteiger partial charge in [0.05, 0.1) is 0 Å². The number of nitrogens with two attached hydrogens (primary N) is 1. The second-order valence-corrected chi connectivity index (χ2v) is 3.13. The van der Waals surface area contributed by atoms with Crippen molar-refractivity contribution < 1.29 is 14.3 Å². The first kappa shape index (κ1) is 9.79. The number of primary amides is 1. The Morgan fingerprint density at radius 2 is 2.15 bits per heavy atom. The standard InChI is InChI=1S/C7H13N3O3/c1-7(3-2-4-13-7)5(11)9-10-6(8)12/h2-4H2,1H3,(H,9,11)(H3,8,10,12). The lowest BCUT2D eigenvalue weighted by molar-refractivity contribution is -0.140. The van der Waals surface area contributed by atoms with Gasteiger partial charge < -0.3 is 10.5 Å². The maximum atomic E-state index is 11.4. The minimum absolute atomic E-state index is 0.371. The van der Waals surface area contributed by atoms with Crippen molar-refractivity contribution in [1.82, 2.24) is 10.9 Å². The summed E-state index contributed by atoms with van der Waals surface area (Å²) < 4.78 is 5.23. The third-order valence-corrected chi connectivity index (χ3v) is 2.00. The summed E-state index contributed by atoms with van der Waals surface area (Å²) in [6.45, 7) is 2.25. The third-order valence-electron chi connectivity index (χ3n) is 2.00. The van der Waals surface area contributed by atoms with Crippen LogP contribution in [0.1, 0.15) is 19.8 Å². The second kappa shape index (κ2) is 3.61. The van der Waals surface area contributed by atoms with Crippen molar-refractivity contribution in [3.63, 3.8) is 0 Å². The first-order valence-corrected chi connectivity index (χ1v) is 4.04. The van der Waals surface area contributed by atoms with E-state index in [1.54, 1.807) is 6.92 Å². The summed E-state index contributed by atoms with van der Waals surface area (Å²) in [6.07, 6.45) is 1.50. The van der Waals surface area contributed by atoms with Gasteiger partial charge in [-0.2, -0.15) is 0 Å². The molecule has 1 aliphatic rings. The fraction of sp³-hybridized carbons (Fsp3) is 0.714. The van der Waals surface area contributed by atoms with Gasteiger partial charge in [0.1, 0.15) is 5.60 Å². The summed E-state index contributed by atoms with van der Waals surface area (Å²) in [7, 11) is 0. The molecule has 0 radical (unpaired) electrons. The molecule has 1 unspecified atom stereocenters. The molecule has 0 aliphatic carbocycles. The van der Waals surface area contributed by atoms with E-state index in [1.165, 1.54) is 0 Å². The molecule has 1 saturated heterocycles. The topological polar surface area (TPSA) is 93.5 Å². The molecule has 13 heavy (non-hydrogen) atoms. The minimum Gasteiger partial charge on any atom is -0.365 e. The second-order valence-electron chi connectivity index (χ2n) is 3.13. The quantitative estimate of drug-likeness (QED) is 0.472. The van der Waals surface area contributed by atoms with E-state index in [9.17, 15) is 9.59 Å². The summed E-state index contributed by atoms with van der Waals surface area (Å²) in [5.41, 5.74) is 8.13. The van der Waals surface area contributed by atoms with Gasteiger partial charge in [-0.25, -0.2) is 10.2 Å². The van der Waals surface area contributed by atoms with E-state index in [1.807, 2.05) is 5.43 Å². The number of ether oxygens (including phenoxy) is 1. The minimum atomic E-state index is -0.831. The summed E-state index contributed by atoms with van der Waals surface area (Å²) in [5, 5.41) is 0. The summed E-state index contributed by atoms with van der Waals surface area (Å²) in [4.78, 5) is 21.6. The van der Waals surface area contributed by atoms with Gasteiger partial charge in [-0.3, -0.25) is 10.2 Å². The molecule has 1 aliphatic heterocycles. The van der Waals surface area contributed by atoms with Gasteiger partial charge in [-0.05, 0) is 19.8 Å². The van der Waals surface area contributed by atoms with Gasteiger partial charge in [-0.15, -0.1) is 0 Å². The first-order chi connectivity index (χ1) is 6.04. The predicted molar refractivity (Wildman–Crippen MR) is 44.5 cm³/mol. The average molecular weight is 187 g/mol. The fourth-order valence-corrected chi connectivity index (χ4v) is 1.21. The number of carbonyl (C=O) groups excluding carboxylic acids is 2. The molecular weight excluding hydrogens is 174 g/mol. The van der Waals surface area contributed by atoms with Gasteiger partial charge in [0.2, 0.25) is 0 Å². The van der Waals surface area contributed by atoms with Crippen LogP contribution in [0.15, 0.2) is 0 Å². The highest BCUT2D eigenvalue weighted by Crippen LogP contribution is 2.24. The lowest BCUT2D eigenvalue weighted by Gasteiger charge is -2.21. The van der Waals surface area contributed by atoms with E-state index in [4.69, 9.17) is 10.5 Å². The maximum Gasteiger partial charge on any atom is 0.330 e. The molecule has 0 spiro atoms. The number of urea groups is 1. The Morgan fingerprint density at radius 1 is 1.46 bits per heavy atom. The predicted octanol–water partition coefficient (Wildman–Crippen LogP) is -0.745. The van der Waals surface area contributed by atoms with Crippen LogP contribution >= 0.6 is 0 Å². The number of nitrogens with one attached hydrogen (secondary N) is 2. The van der Waals surface area contributed by atoms with Gasteiger partial charge in [0.25, 0.3) is 5.91 Å². The van der Waals surface area contributed by atoms with Crippen LogP contribution in [0.4, 0.5) is 4.79 Å². The van der Waals surface area contributed by atoms with Crippen LogP contribution in [0.3, 0.4) is 0 Å².